The molecule has 0 fully saturated rings. The van der Waals surface area contributed by atoms with E-state index in [1.165, 1.54) is 25.1 Å². The number of carbonyl (C=O) groups is 1. The summed E-state index contributed by atoms with van der Waals surface area (Å²) < 4.78 is 24.9. The molecule has 2 heterocycles. The number of esters is 1. The van der Waals surface area contributed by atoms with E-state index < -0.39 is 5.97 Å². The minimum atomic E-state index is -0.542. The molecule has 2 aromatic heterocycles. The van der Waals surface area contributed by atoms with Crippen LogP contribution in [-0.4, -0.2) is 42.7 Å². The number of methoxy groups -OCH3 is 2. The SMILES string of the molecule is COC(=O)COc1c(OC)cc(C=Nn2c(-c3cc4cc(Br)ccc4o3)nc3ccccc3c2=O)c(Br)c1Br. The first kappa shape index (κ1) is 27.1. The summed E-state index contributed by atoms with van der Waals surface area (Å²) in [6, 6.07) is 16.1. The van der Waals surface area contributed by atoms with Crippen LogP contribution in [0, 0.1) is 0 Å². The van der Waals surface area contributed by atoms with E-state index in [2.05, 4.69) is 57.6 Å². The Kier molecular flexibility index (Phi) is 7.87. The Morgan fingerprint density at radius 3 is 2.64 bits per heavy atom. The third-order valence-corrected chi connectivity index (χ3v) is 8.34. The Bertz CT molecular complexity index is 1830. The van der Waals surface area contributed by atoms with E-state index in [1.807, 2.05) is 30.3 Å². The molecule has 0 saturated heterocycles. The number of furan rings is 1. The van der Waals surface area contributed by atoms with Gasteiger partial charge in [-0.2, -0.15) is 9.78 Å². The van der Waals surface area contributed by atoms with Gasteiger partial charge in [0.1, 0.15) is 5.58 Å². The molecule has 3 aromatic carbocycles. The Morgan fingerprint density at radius 1 is 1.08 bits per heavy atom. The van der Waals surface area contributed by atoms with Crippen LogP contribution in [0.4, 0.5) is 0 Å². The molecular weight excluding hydrogens is 702 g/mol. The van der Waals surface area contributed by atoms with Gasteiger partial charge >= 0.3 is 5.97 Å². The van der Waals surface area contributed by atoms with Crippen molar-refractivity contribution in [2.45, 2.75) is 0 Å². The number of para-hydroxylation sites is 1. The van der Waals surface area contributed by atoms with Crippen LogP contribution in [0.25, 0.3) is 33.5 Å². The number of hydrogen-bond acceptors (Lipinski definition) is 8. The smallest absolute Gasteiger partial charge is 0.343 e. The molecule has 12 heteroatoms. The van der Waals surface area contributed by atoms with Crippen LogP contribution in [0.2, 0.25) is 0 Å². The molecule has 0 saturated carbocycles. The zero-order valence-corrected chi connectivity index (χ0v) is 25.2. The van der Waals surface area contributed by atoms with Crippen molar-refractivity contribution in [1.29, 1.82) is 0 Å². The Balaban J connectivity index is 1.64. The molecular formula is C27H18Br3N3O6. The van der Waals surface area contributed by atoms with Gasteiger partial charge in [-0.15, -0.1) is 0 Å². The summed E-state index contributed by atoms with van der Waals surface area (Å²) in [5.74, 6) is 0.711. The lowest BCUT2D eigenvalue weighted by Crippen LogP contribution is -2.20. The summed E-state index contributed by atoms with van der Waals surface area (Å²) >= 11 is 10.5. The highest BCUT2D eigenvalue weighted by Gasteiger charge is 2.19. The lowest BCUT2D eigenvalue weighted by atomic mass is 10.2. The fourth-order valence-corrected chi connectivity index (χ4v) is 5.12. The number of halogens is 3. The molecule has 0 spiro atoms. The second-order valence-corrected chi connectivity index (χ2v) is 10.6. The van der Waals surface area contributed by atoms with E-state index in [0.717, 1.165) is 9.86 Å². The van der Waals surface area contributed by atoms with Gasteiger partial charge in [-0.05, 0) is 74.3 Å². The maximum absolute atomic E-state index is 13.6. The monoisotopic (exact) mass is 717 g/mol. The summed E-state index contributed by atoms with van der Waals surface area (Å²) in [4.78, 5) is 29.8. The average Bonchev–Trinajstić information content (AvgIpc) is 3.36. The molecule has 0 aliphatic heterocycles. The topological polar surface area (TPSA) is 105 Å². The van der Waals surface area contributed by atoms with Gasteiger partial charge in [0.25, 0.3) is 5.56 Å². The summed E-state index contributed by atoms with van der Waals surface area (Å²) in [5, 5.41) is 5.76. The summed E-state index contributed by atoms with van der Waals surface area (Å²) in [6.45, 7) is -0.305. The molecule has 39 heavy (non-hydrogen) atoms. The van der Waals surface area contributed by atoms with E-state index in [9.17, 15) is 9.59 Å². The van der Waals surface area contributed by atoms with Crippen LogP contribution >= 0.6 is 47.8 Å². The molecule has 5 rings (SSSR count). The zero-order chi connectivity index (χ0) is 27.7. The Morgan fingerprint density at radius 2 is 1.87 bits per heavy atom. The molecule has 0 radical (unpaired) electrons. The van der Waals surface area contributed by atoms with Crippen LogP contribution in [0.15, 0.2) is 82.3 Å². The maximum Gasteiger partial charge on any atom is 0.343 e. The van der Waals surface area contributed by atoms with Crippen molar-refractivity contribution in [1.82, 2.24) is 9.66 Å². The number of hydrogen-bond donors (Lipinski definition) is 0. The standard InChI is InChI=1S/C27H18Br3N3O6/c1-36-20-11-15(23(29)24(30)25(20)38-13-22(34)37-2)12-31-33-26(32-18-6-4-3-5-17(18)27(33)35)21-10-14-9-16(28)7-8-19(14)39-21/h3-12H,13H2,1-2H3. The molecule has 0 unspecified atom stereocenters. The third-order valence-electron chi connectivity index (χ3n) is 5.70. The van der Waals surface area contributed by atoms with E-state index in [0.29, 0.717) is 48.3 Å². The Hall–Kier alpha value is -3.48. The van der Waals surface area contributed by atoms with Crippen LogP contribution in [0.1, 0.15) is 5.56 Å². The van der Waals surface area contributed by atoms with Crippen LogP contribution in [0.3, 0.4) is 0 Å². The first-order chi connectivity index (χ1) is 18.8. The number of aromatic nitrogens is 2. The lowest BCUT2D eigenvalue weighted by Gasteiger charge is -2.14. The maximum atomic E-state index is 13.6. The first-order valence-corrected chi connectivity index (χ1v) is 13.7. The summed E-state index contributed by atoms with van der Waals surface area (Å²) in [7, 11) is 2.74. The Labute approximate surface area is 246 Å². The van der Waals surface area contributed by atoms with Crippen molar-refractivity contribution in [2.75, 3.05) is 20.8 Å². The van der Waals surface area contributed by atoms with E-state index >= 15 is 0 Å². The number of rotatable bonds is 7. The third kappa shape index (κ3) is 5.36. The molecule has 0 aliphatic rings. The van der Waals surface area contributed by atoms with Gasteiger partial charge < -0.3 is 18.6 Å². The van der Waals surface area contributed by atoms with Crippen LogP contribution < -0.4 is 15.0 Å². The second-order valence-electron chi connectivity index (χ2n) is 8.10. The minimum Gasteiger partial charge on any atom is -0.493 e. The van der Waals surface area contributed by atoms with Gasteiger partial charge in [0.05, 0.1) is 35.8 Å². The van der Waals surface area contributed by atoms with Crippen molar-refractivity contribution >= 4 is 81.8 Å². The molecule has 0 bridgehead atoms. The number of fused-ring (bicyclic) bond motifs is 2. The summed E-state index contributed by atoms with van der Waals surface area (Å²) in [6.07, 6.45) is 1.49. The lowest BCUT2D eigenvalue weighted by molar-refractivity contribution is -0.142. The van der Waals surface area contributed by atoms with Crippen molar-refractivity contribution in [3.63, 3.8) is 0 Å². The van der Waals surface area contributed by atoms with Crippen molar-refractivity contribution in [3.8, 4) is 23.1 Å². The number of ether oxygens (including phenoxy) is 3. The predicted octanol–water partition coefficient (Wildman–Crippen LogP) is 6.54. The molecule has 0 amide bonds. The number of benzene rings is 3. The van der Waals surface area contributed by atoms with E-state index in [4.69, 9.17) is 18.9 Å². The normalized spacial score (nSPS) is 11.4. The van der Waals surface area contributed by atoms with Gasteiger partial charge in [0.2, 0.25) is 5.82 Å². The number of nitrogens with zero attached hydrogens (tertiary/aromatic N) is 3. The van der Waals surface area contributed by atoms with Crippen LogP contribution in [0.5, 0.6) is 11.5 Å². The molecule has 0 atom stereocenters. The fraction of sp³-hybridized carbons (Fsp3) is 0.111. The highest BCUT2D eigenvalue weighted by molar-refractivity contribution is 9.13. The molecule has 198 valence electrons. The predicted molar refractivity (Wildman–Crippen MR) is 158 cm³/mol. The quantitative estimate of drug-likeness (QED) is 0.139. The molecule has 0 N–H and O–H groups in total. The largest absolute Gasteiger partial charge is 0.493 e. The van der Waals surface area contributed by atoms with Crippen molar-refractivity contribution in [2.24, 2.45) is 5.10 Å². The molecule has 5 aromatic rings. The number of carbonyl (C=O) groups excluding carboxylic acids is 1. The highest BCUT2D eigenvalue weighted by Crippen LogP contribution is 2.42. The highest BCUT2D eigenvalue weighted by atomic mass is 79.9. The van der Waals surface area contributed by atoms with E-state index in [1.54, 1.807) is 24.3 Å². The van der Waals surface area contributed by atoms with Crippen molar-refractivity contribution < 1.29 is 23.4 Å². The van der Waals surface area contributed by atoms with Gasteiger partial charge in [-0.1, -0.05) is 28.1 Å². The molecule has 9 nitrogen and oxygen atoms in total. The summed E-state index contributed by atoms with van der Waals surface area (Å²) in [5.41, 5.74) is 1.35. The van der Waals surface area contributed by atoms with Crippen LogP contribution in [-0.2, 0) is 9.53 Å². The van der Waals surface area contributed by atoms with Gasteiger partial charge in [-0.3, -0.25) is 4.79 Å². The second kappa shape index (κ2) is 11.3. The van der Waals surface area contributed by atoms with Gasteiger partial charge in [-0.25, -0.2) is 9.78 Å². The average molecular weight is 720 g/mol. The van der Waals surface area contributed by atoms with Gasteiger partial charge in [0.15, 0.2) is 23.9 Å². The minimum absolute atomic E-state index is 0.238. The molecule has 0 aliphatic carbocycles. The van der Waals surface area contributed by atoms with Crippen molar-refractivity contribution in [3.05, 3.63) is 83.9 Å². The first-order valence-electron chi connectivity index (χ1n) is 11.3. The van der Waals surface area contributed by atoms with Gasteiger partial charge in [0, 0.05) is 19.9 Å². The fourth-order valence-electron chi connectivity index (χ4n) is 3.81. The zero-order valence-electron chi connectivity index (χ0n) is 20.4. The van der Waals surface area contributed by atoms with E-state index in [-0.39, 0.29) is 18.0 Å².